The molecule has 0 bridgehead atoms. The third-order valence-electron chi connectivity index (χ3n) is 5.04. The number of benzene rings is 1. The molecule has 1 aromatic heterocycles. The van der Waals surface area contributed by atoms with E-state index in [4.69, 9.17) is 0 Å². The number of amides is 2. The molecule has 0 radical (unpaired) electrons. The zero-order chi connectivity index (χ0) is 25.4. The van der Waals surface area contributed by atoms with Gasteiger partial charge in [0, 0.05) is 23.1 Å². The second kappa shape index (κ2) is 9.19. The van der Waals surface area contributed by atoms with Crippen LogP contribution in [0.1, 0.15) is 77.0 Å². The van der Waals surface area contributed by atoms with Crippen molar-refractivity contribution in [3.63, 3.8) is 0 Å². The molecule has 0 atom stereocenters. The van der Waals surface area contributed by atoms with Crippen LogP contribution in [0.4, 0.5) is 19.0 Å². The summed E-state index contributed by atoms with van der Waals surface area (Å²) in [5.41, 5.74) is -0.551. The van der Waals surface area contributed by atoms with Crippen LogP contribution >= 0.6 is 0 Å². The Morgan fingerprint density at radius 2 is 1.58 bits per heavy atom. The highest BCUT2D eigenvalue weighted by Gasteiger charge is 2.31. The summed E-state index contributed by atoms with van der Waals surface area (Å²) >= 11 is 0. The molecule has 0 saturated carbocycles. The summed E-state index contributed by atoms with van der Waals surface area (Å²) in [5.74, 6) is -0.425. The lowest BCUT2D eigenvalue weighted by Gasteiger charge is -2.27. The van der Waals surface area contributed by atoms with E-state index >= 15 is 0 Å². The number of carbonyl (C=O) groups is 2. The van der Waals surface area contributed by atoms with Crippen molar-refractivity contribution >= 4 is 17.6 Å². The topological polar surface area (TPSA) is 67.2 Å². The van der Waals surface area contributed by atoms with E-state index in [1.807, 2.05) is 47.6 Å². The monoisotopic (exact) mass is 466 g/mol. The zero-order valence-electron chi connectivity index (χ0n) is 20.5. The van der Waals surface area contributed by atoms with Gasteiger partial charge in [0.1, 0.15) is 12.4 Å². The number of anilines is 1. The fourth-order valence-electron chi connectivity index (χ4n) is 3.14. The molecule has 9 heteroatoms. The SMILES string of the molecule is CC(C)N(CC(=O)Nc1cc(C(C)(C)C)nn1C(C)(C)C)C(=O)c1ccc(C(F)(F)F)cc1. The first kappa shape index (κ1) is 26.4. The van der Waals surface area contributed by atoms with Crippen molar-refractivity contribution in [1.82, 2.24) is 14.7 Å². The maximum atomic E-state index is 12.9. The molecule has 1 aromatic carbocycles. The molecule has 0 spiro atoms. The number of halogens is 3. The van der Waals surface area contributed by atoms with Crippen molar-refractivity contribution in [3.8, 4) is 0 Å². The Balaban J connectivity index is 2.25. The molecule has 1 N–H and O–H groups in total. The number of nitrogens with zero attached hydrogens (tertiary/aromatic N) is 3. The van der Waals surface area contributed by atoms with Crippen molar-refractivity contribution in [3.05, 3.63) is 47.2 Å². The van der Waals surface area contributed by atoms with Gasteiger partial charge in [-0.1, -0.05) is 20.8 Å². The molecule has 0 unspecified atom stereocenters. The Morgan fingerprint density at radius 1 is 1.03 bits per heavy atom. The summed E-state index contributed by atoms with van der Waals surface area (Å²) in [7, 11) is 0. The zero-order valence-corrected chi connectivity index (χ0v) is 20.5. The Labute approximate surface area is 193 Å². The molecule has 2 rings (SSSR count). The first-order valence-corrected chi connectivity index (χ1v) is 10.8. The lowest BCUT2D eigenvalue weighted by atomic mass is 9.92. The molecule has 2 amide bonds. The van der Waals surface area contributed by atoms with Gasteiger partial charge in [0.25, 0.3) is 5.91 Å². The van der Waals surface area contributed by atoms with Crippen molar-refractivity contribution in [2.75, 3.05) is 11.9 Å². The average molecular weight is 467 g/mol. The molecule has 182 valence electrons. The molecule has 33 heavy (non-hydrogen) atoms. The Bertz CT molecular complexity index is 995. The average Bonchev–Trinajstić information content (AvgIpc) is 3.09. The molecule has 0 aliphatic rings. The number of carbonyl (C=O) groups excluding carboxylic acids is 2. The minimum absolute atomic E-state index is 0.0826. The molecular formula is C24H33F3N4O2. The van der Waals surface area contributed by atoms with E-state index in [1.54, 1.807) is 18.5 Å². The number of rotatable bonds is 5. The fraction of sp³-hybridized carbons (Fsp3) is 0.542. The van der Waals surface area contributed by atoms with Gasteiger partial charge in [0.05, 0.1) is 16.8 Å². The number of hydrogen-bond acceptors (Lipinski definition) is 3. The lowest BCUT2D eigenvalue weighted by Crippen LogP contribution is -2.42. The van der Waals surface area contributed by atoms with Gasteiger partial charge >= 0.3 is 6.18 Å². The van der Waals surface area contributed by atoms with Crippen molar-refractivity contribution in [1.29, 1.82) is 0 Å². The number of aromatic nitrogens is 2. The summed E-state index contributed by atoms with van der Waals surface area (Å²) in [5, 5.41) is 7.51. The lowest BCUT2D eigenvalue weighted by molar-refractivity contribution is -0.137. The molecule has 0 saturated heterocycles. The summed E-state index contributed by atoms with van der Waals surface area (Å²) in [6.45, 7) is 15.2. The van der Waals surface area contributed by atoms with Crippen molar-refractivity contribution in [2.24, 2.45) is 0 Å². The van der Waals surface area contributed by atoms with E-state index in [-0.39, 0.29) is 29.1 Å². The van der Waals surface area contributed by atoms with Gasteiger partial charge < -0.3 is 10.2 Å². The van der Waals surface area contributed by atoms with Crippen molar-refractivity contribution < 1.29 is 22.8 Å². The number of alkyl halides is 3. The predicted molar refractivity (Wildman–Crippen MR) is 122 cm³/mol. The molecule has 6 nitrogen and oxygen atoms in total. The summed E-state index contributed by atoms with van der Waals surface area (Å²) in [6, 6.07) is 5.46. The summed E-state index contributed by atoms with van der Waals surface area (Å²) in [6.07, 6.45) is -4.49. The van der Waals surface area contributed by atoms with Crippen LogP contribution in [0.15, 0.2) is 30.3 Å². The van der Waals surface area contributed by atoms with E-state index in [0.29, 0.717) is 5.82 Å². The molecule has 0 fully saturated rings. The van der Waals surface area contributed by atoms with Gasteiger partial charge in [-0.25, -0.2) is 4.68 Å². The van der Waals surface area contributed by atoms with E-state index in [2.05, 4.69) is 10.4 Å². The quantitative estimate of drug-likeness (QED) is 0.638. The smallest absolute Gasteiger partial charge is 0.327 e. The largest absolute Gasteiger partial charge is 0.416 e. The first-order chi connectivity index (χ1) is 14.9. The third kappa shape index (κ3) is 6.58. The number of nitrogens with one attached hydrogen (secondary N) is 1. The second-order valence-corrected chi connectivity index (χ2v) is 10.4. The third-order valence-corrected chi connectivity index (χ3v) is 5.04. The van der Waals surface area contributed by atoms with E-state index in [1.165, 1.54) is 4.90 Å². The molecule has 0 aliphatic carbocycles. The van der Waals surface area contributed by atoms with Gasteiger partial charge in [0.2, 0.25) is 5.91 Å². The molecule has 0 aliphatic heterocycles. The van der Waals surface area contributed by atoms with Crippen molar-refractivity contribution in [2.45, 2.75) is 78.6 Å². The summed E-state index contributed by atoms with van der Waals surface area (Å²) in [4.78, 5) is 27.2. The normalized spacial score (nSPS) is 12.7. The van der Waals surface area contributed by atoms with Crippen LogP contribution in [-0.2, 0) is 21.9 Å². The van der Waals surface area contributed by atoms with E-state index in [9.17, 15) is 22.8 Å². The van der Waals surface area contributed by atoms with E-state index in [0.717, 1.165) is 30.0 Å². The molecule has 2 aromatic rings. The maximum Gasteiger partial charge on any atom is 0.416 e. The van der Waals surface area contributed by atoms with Crippen LogP contribution in [-0.4, -0.2) is 39.1 Å². The van der Waals surface area contributed by atoms with Crippen LogP contribution < -0.4 is 5.32 Å². The predicted octanol–water partition coefficient (Wildman–Crippen LogP) is 5.44. The van der Waals surface area contributed by atoms with Gasteiger partial charge in [-0.15, -0.1) is 0 Å². The first-order valence-electron chi connectivity index (χ1n) is 10.8. The minimum Gasteiger partial charge on any atom is -0.327 e. The van der Waals surface area contributed by atoms with E-state index < -0.39 is 23.6 Å². The van der Waals surface area contributed by atoms with Crippen LogP contribution in [0.25, 0.3) is 0 Å². The number of hydrogen-bond donors (Lipinski definition) is 1. The van der Waals surface area contributed by atoms with Gasteiger partial charge in [-0.3, -0.25) is 9.59 Å². The van der Waals surface area contributed by atoms with Crippen LogP contribution in [0.5, 0.6) is 0 Å². The fourth-order valence-corrected chi connectivity index (χ4v) is 3.14. The summed E-state index contributed by atoms with van der Waals surface area (Å²) < 4.78 is 40.2. The Morgan fingerprint density at radius 3 is 2.00 bits per heavy atom. The van der Waals surface area contributed by atoms with Gasteiger partial charge in [-0.2, -0.15) is 18.3 Å². The van der Waals surface area contributed by atoms with Gasteiger partial charge in [0.15, 0.2) is 0 Å². The minimum atomic E-state index is -4.49. The van der Waals surface area contributed by atoms with Crippen LogP contribution in [0.2, 0.25) is 0 Å². The van der Waals surface area contributed by atoms with Gasteiger partial charge in [-0.05, 0) is 58.9 Å². The maximum absolute atomic E-state index is 12.9. The molecule has 1 heterocycles. The highest BCUT2D eigenvalue weighted by Crippen LogP contribution is 2.30. The molecular weight excluding hydrogens is 433 g/mol. The Hall–Kier alpha value is -2.84. The standard InChI is InChI=1S/C24H33F3N4O2/c1-15(2)30(21(33)16-9-11-17(12-10-16)24(25,26)27)14-20(32)28-19-13-18(22(3,4)5)29-31(19)23(6,7)8/h9-13,15H,14H2,1-8H3,(H,28,32). The second-order valence-electron chi connectivity index (χ2n) is 10.4. The van der Waals surface area contributed by atoms with Crippen LogP contribution in [0.3, 0.4) is 0 Å². The Kier molecular flexibility index (Phi) is 7.36. The highest BCUT2D eigenvalue weighted by atomic mass is 19.4. The highest BCUT2D eigenvalue weighted by molar-refractivity contribution is 5.99. The van der Waals surface area contributed by atoms with Crippen LogP contribution in [0, 0.1) is 0 Å².